The summed E-state index contributed by atoms with van der Waals surface area (Å²) in [6.07, 6.45) is 10.3. The highest BCUT2D eigenvalue weighted by molar-refractivity contribution is 6.01. The molecular weight excluding hydrogens is 460 g/mol. The fourth-order valence-corrected chi connectivity index (χ4v) is 4.77. The fourth-order valence-electron chi connectivity index (χ4n) is 4.77. The Morgan fingerprint density at radius 1 is 1.11 bits per heavy atom. The molecule has 10 heteroatoms. The molecule has 4 N–H and O–H groups in total. The second kappa shape index (κ2) is 9.98. The van der Waals surface area contributed by atoms with Crippen molar-refractivity contribution in [2.75, 3.05) is 24.9 Å². The van der Waals surface area contributed by atoms with E-state index in [2.05, 4.69) is 20.7 Å². The van der Waals surface area contributed by atoms with Crippen molar-refractivity contribution >= 4 is 29.0 Å². The minimum Gasteiger partial charge on any atom is -0.494 e. The monoisotopic (exact) mass is 490 g/mol. The molecule has 2 heterocycles. The second-order valence-corrected chi connectivity index (χ2v) is 9.24. The van der Waals surface area contributed by atoms with Gasteiger partial charge in [0.05, 0.1) is 42.4 Å². The number of para-hydroxylation sites is 1. The van der Waals surface area contributed by atoms with E-state index in [-0.39, 0.29) is 29.5 Å². The highest BCUT2D eigenvalue weighted by atomic mass is 16.5. The Hall–Kier alpha value is -3.92. The van der Waals surface area contributed by atoms with E-state index in [1.807, 2.05) is 35.3 Å². The van der Waals surface area contributed by atoms with Gasteiger partial charge < -0.3 is 25.8 Å². The summed E-state index contributed by atoms with van der Waals surface area (Å²) < 4.78 is 13.4. The Balaban J connectivity index is 1.45. The maximum Gasteiger partial charge on any atom is 0.252 e. The Morgan fingerprint density at radius 2 is 1.94 bits per heavy atom. The van der Waals surface area contributed by atoms with Crippen molar-refractivity contribution in [3.05, 3.63) is 48.4 Å². The van der Waals surface area contributed by atoms with Crippen molar-refractivity contribution in [2.24, 2.45) is 11.7 Å². The first-order valence-electron chi connectivity index (χ1n) is 12.1. The Labute approximate surface area is 209 Å². The van der Waals surface area contributed by atoms with Crippen molar-refractivity contribution in [1.82, 2.24) is 14.8 Å². The Morgan fingerprint density at radius 3 is 2.67 bits per heavy atom. The number of hydrogen-bond donors (Lipinski definition) is 3. The maximum absolute atomic E-state index is 12.2. The van der Waals surface area contributed by atoms with Crippen LogP contribution in [-0.2, 0) is 9.53 Å². The lowest BCUT2D eigenvalue weighted by Gasteiger charge is -2.18. The predicted molar refractivity (Wildman–Crippen MR) is 135 cm³/mol. The zero-order valence-electron chi connectivity index (χ0n) is 20.4. The Bertz CT molecular complexity index is 1290. The van der Waals surface area contributed by atoms with Gasteiger partial charge in [-0.15, -0.1) is 0 Å². The summed E-state index contributed by atoms with van der Waals surface area (Å²) in [5.74, 6) is 0.253. The van der Waals surface area contributed by atoms with Crippen molar-refractivity contribution in [3.8, 4) is 16.9 Å². The minimum absolute atomic E-state index is 0.0279. The van der Waals surface area contributed by atoms with Gasteiger partial charge in [0, 0.05) is 42.6 Å². The topological polar surface area (TPSA) is 133 Å². The van der Waals surface area contributed by atoms with Gasteiger partial charge in [0.2, 0.25) is 5.91 Å². The highest BCUT2D eigenvalue weighted by Gasteiger charge is 2.31. The SMILES string of the molecule is COc1c(Nc2cc(NC(=O)C3CC3)ncc2C(N)=O)cccc1-c1cnn([C@H]2CCC[C@@H]2OC)c1. The van der Waals surface area contributed by atoms with Gasteiger partial charge in [0.15, 0.2) is 0 Å². The van der Waals surface area contributed by atoms with Crippen molar-refractivity contribution < 1.29 is 19.1 Å². The van der Waals surface area contributed by atoms with Crippen LogP contribution in [0.4, 0.5) is 17.2 Å². The molecule has 0 spiro atoms. The molecule has 188 valence electrons. The van der Waals surface area contributed by atoms with Crippen LogP contribution in [0.3, 0.4) is 0 Å². The van der Waals surface area contributed by atoms with Crippen LogP contribution >= 0.6 is 0 Å². The molecule has 5 rings (SSSR count). The largest absolute Gasteiger partial charge is 0.494 e. The molecule has 10 nitrogen and oxygen atoms in total. The van der Waals surface area contributed by atoms with Crippen LogP contribution in [-0.4, -0.2) is 46.9 Å². The summed E-state index contributed by atoms with van der Waals surface area (Å²) in [5, 5.41) is 10.7. The molecule has 2 aliphatic rings. The molecule has 0 aliphatic heterocycles. The molecule has 0 radical (unpaired) electrons. The van der Waals surface area contributed by atoms with E-state index >= 15 is 0 Å². The number of hydrogen-bond acceptors (Lipinski definition) is 7. The summed E-state index contributed by atoms with van der Waals surface area (Å²) in [7, 11) is 3.34. The first kappa shape index (κ1) is 23.8. The average Bonchev–Trinajstić information content (AvgIpc) is 3.42. The number of aromatic nitrogens is 3. The van der Waals surface area contributed by atoms with Crippen LogP contribution in [0.15, 0.2) is 42.9 Å². The van der Waals surface area contributed by atoms with Gasteiger partial charge in [0.1, 0.15) is 11.6 Å². The predicted octanol–water partition coefficient (Wildman–Crippen LogP) is 3.88. The smallest absolute Gasteiger partial charge is 0.252 e. The lowest BCUT2D eigenvalue weighted by Crippen LogP contribution is -2.20. The van der Waals surface area contributed by atoms with Crippen LogP contribution in [0.2, 0.25) is 0 Å². The highest BCUT2D eigenvalue weighted by Crippen LogP contribution is 2.40. The number of nitrogens with zero attached hydrogens (tertiary/aromatic N) is 3. The third kappa shape index (κ3) is 4.76. The van der Waals surface area contributed by atoms with Gasteiger partial charge >= 0.3 is 0 Å². The van der Waals surface area contributed by atoms with Gasteiger partial charge in [-0.05, 0) is 38.2 Å². The van der Waals surface area contributed by atoms with Gasteiger partial charge in [-0.1, -0.05) is 12.1 Å². The normalized spacial score (nSPS) is 19.2. The zero-order chi connectivity index (χ0) is 25.2. The number of carbonyl (C=O) groups excluding carboxylic acids is 2. The number of carbonyl (C=O) groups is 2. The number of anilines is 3. The van der Waals surface area contributed by atoms with Crippen molar-refractivity contribution in [1.29, 1.82) is 0 Å². The molecule has 36 heavy (non-hydrogen) atoms. The molecule has 2 atom stereocenters. The first-order valence-corrected chi connectivity index (χ1v) is 12.1. The average molecular weight is 491 g/mol. The number of pyridine rings is 1. The lowest BCUT2D eigenvalue weighted by molar-refractivity contribution is -0.117. The summed E-state index contributed by atoms with van der Waals surface area (Å²) in [5.41, 5.74) is 8.59. The van der Waals surface area contributed by atoms with Crippen molar-refractivity contribution in [2.45, 2.75) is 44.2 Å². The van der Waals surface area contributed by atoms with Crippen LogP contribution in [0.1, 0.15) is 48.5 Å². The molecule has 0 bridgehead atoms. The van der Waals surface area contributed by atoms with Crippen LogP contribution < -0.4 is 21.1 Å². The number of amides is 2. The number of nitrogens with two attached hydrogens (primary N) is 1. The third-order valence-electron chi connectivity index (χ3n) is 6.83. The van der Waals surface area contributed by atoms with E-state index in [4.69, 9.17) is 15.2 Å². The molecule has 0 unspecified atom stereocenters. The molecule has 0 saturated heterocycles. The molecule has 1 aromatic carbocycles. The van der Waals surface area contributed by atoms with E-state index < -0.39 is 5.91 Å². The molecule has 2 amide bonds. The van der Waals surface area contributed by atoms with Crippen LogP contribution in [0.25, 0.3) is 11.1 Å². The molecule has 2 fully saturated rings. The summed E-state index contributed by atoms with van der Waals surface area (Å²) in [6.45, 7) is 0. The van der Waals surface area contributed by atoms with Gasteiger partial charge in [-0.25, -0.2) is 4.98 Å². The number of rotatable bonds is 9. The third-order valence-corrected chi connectivity index (χ3v) is 6.83. The molecule has 2 saturated carbocycles. The lowest BCUT2D eigenvalue weighted by atomic mass is 10.1. The minimum atomic E-state index is -0.634. The van der Waals surface area contributed by atoms with Crippen LogP contribution in [0, 0.1) is 5.92 Å². The van der Waals surface area contributed by atoms with Gasteiger partial charge in [0.25, 0.3) is 5.91 Å². The quantitative estimate of drug-likeness (QED) is 0.414. The van der Waals surface area contributed by atoms with Gasteiger partial charge in [-0.2, -0.15) is 5.10 Å². The number of nitrogens with one attached hydrogen (secondary N) is 2. The molecular formula is C26H30N6O4. The van der Waals surface area contributed by atoms with Crippen molar-refractivity contribution in [3.63, 3.8) is 0 Å². The van der Waals surface area contributed by atoms with E-state index in [0.29, 0.717) is 22.9 Å². The number of benzene rings is 1. The maximum atomic E-state index is 12.2. The standard InChI is InChI=1S/C26H30N6O4/c1-35-22-8-4-7-21(22)32-14-16(12-29-32)17-5-3-6-19(24(17)36-2)30-20-11-23(28-13-18(20)25(27)33)31-26(34)15-9-10-15/h3,5-6,11-15,21-22H,4,7-10H2,1-2H3,(H2,27,33)(H2,28,30,31,34)/t21-,22-/m0/s1. The van der Waals surface area contributed by atoms with E-state index in [1.165, 1.54) is 6.20 Å². The number of ether oxygens (including phenoxy) is 2. The second-order valence-electron chi connectivity index (χ2n) is 9.24. The fraction of sp³-hybridized carbons (Fsp3) is 0.385. The Kier molecular flexibility index (Phi) is 6.60. The summed E-state index contributed by atoms with van der Waals surface area (Å²) in [6, 6.07) is 7.51. The molecule has 2 aliphatic carbocycles. The van der Waals surface area contributed by atoms with E-state index in [0.717, 1.165) is 43.2 Å². The molecule has 3 aromatic rings. The van der Waals surface area contributed by atoms with Gasteiger partial charge in [-0.3, -0.25) is 14.3 Å². The number of primary amides is 1. The zero-order valence-corrected chi connectivity index (χ0v) is 20.4. The van der Waals surface area contributed by atoms with E-state index in [1.54, 1.807) is 20.3 Å². The summed E-state index contributed by atoms with van der Waals surface area (Å²) in [4.78, 5) is 28.5. The first-order chi connectivity index (χ1) is 17.5. The summed E-state index contributed by atoms with van der Waals surface area (Å²) >= 11 is 0. The number of methoxy groups -OCH3 is 2. The van der Waals surface area contributed by atoms with Crippen LogP contribution in [0.5, 0.6) is 5.75 Å². The molecule has 2 aromatic heterocycles. The van der Waals surface area contributed by atoms with E-state index in [9.17, 15) is 9.59 Å².